The molecule has 0 unspecified atom stereocenters. The molecule has 1 aliphatic rings. The number of hydrogen-bond donors (Lipinski definition) is 1. The molecule has 2 rings (SSSR count). The van der Waals surface area contributed by atoms with Crippen molar-refractivity contribution >= 4 is 11.3 Å². The Morgan fingerprint density at radius 1 is 1.38 bits per heavy atom. The zero-order chi connectivity index (χ0) is 11.4. The fraction of sp³-hybridized carbons (Fsp3) is 0.750. The van der Waals surface area contributed by atoms with Crippen molar-refractivity contribution in [3.05, 3.63) is 11.1 Å². The first-order valence-corrected chi connectivity index (χ1v) is 6.90. The highest BCUT2D eigenvalue weighted by Gasteiger charge is 2.27. The van der Waals surface area contributed by atoms with Gasteiger partial charge in [0.1, 0.15) is 6.61 Å². The van der Waals surface area contributed by atoms with Gasteiger partial charge in [0, 0.05) is 5.38 Å². The second-order valence-electron chi connectivity index (χ2n) is 4.82. The van der Waals surface area contributed by atoms with Crippen molar-refractivity contribution in [3.8, 4) is 5.19 Å². The van der Waals surface area contributed by atoms with E-state index in [9.17, 15) is 0 Å². The van der Waals surface area contributed by atoms with Crippen LogP contribution in [0.2, 0.25) is 0 Å². The van der Waals surface area contributed by atoms with Gasteiger partial charge in [-0.2, -0.15) is 0 Å². The highest BCUT2D eigenvalue weighted by Crippen LogP contribution is 2.26. The fourth-order valence-corrected chi connectivity index (χ4v) is 2.83. The molecule has 0 saturated heterocycles. The van der Waals surface area contributed by atoms with Crippen molar-refractivity contribution in [2.75, 3.05) is 6.61 Å². The molecule has 90 valence electrons. The van der Waals surface area contributed by atoms with Crippen LogP contribution in [0.3, 0.4) is 0 Å². The number of aryl methyl sites for hydroxylation is 1. The van der Waals surface area contributed by atoms with E-state index in [-0.39, 0.29) is 5.54 Å². The van der Waals surface area contributed by atoms with E-state index in [2.05, 4.69) is 4.98 Å². The lowest BCUT2D eigenvalue weighted by Crippen LogP contribution is -2.45. The van der Waals surface area contributed by atoms with Gasteiger partial charge in [-0.1, -0.05) is 37.0 Å². The number of hydrogen-bond acceptors (Lipinski definition) is 4. The van der Waals surface area contributed by atoms with Gasteiger partial charge in [-0.3, -0.25) is 0 Å². The van der Waals surface area contributed by atoms with Gasteiger partial charge in [0.15, 0.2) is 0 Å². The summed E-state index contributed by atoms with van der Waals surface area (Å²) in [4.78, 5) is 4.29. The van der Waals surface area contributed by atoms with E-state index < -0.39 is 0 Å². The Balaban J connectivity index is 1.87. The zero-order valence-corrected chi connectivity index (χ0v) is 10.7. The Morgan fingerprint density at radius 3 is 2.62 bits per heavy atom. The van der Waals surface area contributed by atoms with Crippen LogP contribution in [0, 0.1) is 6.92 Å². The Bertz CT molecular complexity index is 330. The molecule has 0 bridgehead atoms. The number of nitrogens with two attached hydrogens (primary N) is 1. The minimum Gasteiger partial charge on any atom is -0.468 e. The summed E-state index contributed by atoms with van der Waals surface area (Å²) in [6.07, 6.45) is 7.26. The molecule has 0 amide bonds. The fourth-order valence-electron chi connectivity index (χ4n) is 2.18. The van der Waals surface area contributed by atoms with E-state index in [0.29, 0.717) is 6.61 Å². The summed E-state index contributed by atoms with van der Waals surface area (Å²) in [5, 5.41) is 2.76. The Labute approximate surface area is 101 Å². The Kier molecular flexibility index (Phi) is 3.82. The van der Waals surface area contributed by atoms with Crippen LogP contribution in [0.4, 0.5) is 0 Å². The van der Waals surface area contributed by atoms with Gasteiger partial charge in [0.05, 0.1) is 11.2 Å². The average Bonchev–Trinajstić information content (AvgIpc) is 2.54. The maximum absolute atomic E-state index is 6.37. The molecule has 0 spiro atoms. The molecule has 1 fully saturated rings. The first-order valence-electron chi connectivity index (χ1n) is 6.02. The molecule has 3 nitrogen and oxygen atoms in total. The summed E-state index contributed by atoms with van der Waals surface area (Å²) in [6.45, 7) is 2.59. The molecule has 1 heterocycles. The van der Waals surface area contributed by atoms with Crippen molar-refractivity contribution < 1.29 is 4.74 Å². The maximum Gasteiger partial charge on any atom is 0.273 e. The lowest BCUT2D eigenvalue weighted by molar-refractivity contribution is 0.199. The number of rotatable bonds is 3. The summed E-state index contributed by atoms with van der Waals surface area (Å²) in [5.41, 5.74) is 7.26. The first kappa shape index (κ1) is 11.9. The van der Waals surface area contributed by atoms with Crippen LogP contribution in [0.5, 0.6) is 5.19 Å². The summed E-state index contributed by atoms with van der Waals surface area (Å²) in [7, 11) is 0. The van der Waals surface area contributed by atoms with Crippen LogP contribution in [0.15, 0.2) is 5.38 Å². The van der Waals surface area contributed by atoms with E-state index in [4.69, 9.17) is 10.5 Å². The van der Waals surface area contributed by atoms with Crippen LogP contribution in [-0.2, 0) is 0 Å². The summed E-state index contributed by atoms with van der Waals surface area (Å²) < 4.78 is 5.71. The smallest absolute Gasteiger partial charge is 0.273 e. The lowest BCUT2D eigenvalue weighted by Gasteiger charge is -2.27. The molecular formula is C12H20N2OS. The third-order valence-electron chi connectivity index (χ3n) is 3.18. The molecule has 0 radical (unpaired) electrons. The largest absolute Gasteiger partial charge is 0.468 e. The topological polar surface area (TPSA) is 48.1 Å². The van der Waals surface area contributed by atoms with E-state index in [1.54, 1.807) is 11.3 Å². The third kappa shape index (κ3) is 3.19. The highest BCUT2D eigenvalue weighted by molar-refractivity contribution is 7.11. The van der Waals surface area contributed by atoms with E-state index >= 15 is 0 Å². The van der Waals surface area contributed by atoms with Gasteiger partial charge in [-0.25, -0.2) is 4.98 Å². The predicted octanol–water partition coefficient (Wildman–Crippen LogP) is 2.88. The quantitative estimate of drug-likeness (QED) is 0.826. The molecule has 0 aromatic carbocycles. The number of ether oxygens (including phenoxy) is 1. The van der Waals surface area contributed by atoms with Crippen LogP contribution in [0.25, 0.3) is 0 Å². The van der Waals surface area contributed by atoms with Gasteiger partial charge < -0.3 is 10.5 Å². The van der Waals surface area contributed by atoms with E-state index in [1.165, 1.54) is 25.7 Å². The molecule has 2 N–H and O–H groups in total. The number of thiazole rings is 1. The van der Waals surface area contributed by atoms with Crippen LogP contribution in [0.1, 0.15) is 44.2 Å². The predicted molar refractivity (Wildman–Crippen MR) is 67.0 cm³/mol. The molecule has 1 saturated carbocycles. The minimum atomic E-state index is -0.129. The molecule has 1 aromatic rings. The van der Waals surface area contributed by atoms with Crippen LogP contribution >= 0.6 is 11.3 Å². The second-order valence-corrected chi connectivity index (χ2v) is 5.64. The minimum absolute atomic E-state index is 0.129. The average molecular weight is 240 g/mol. The number of nitrogens with zero attached hydrogens (tertiary/aromatic N) is 1. The molecule has 1 aromatic heterocycles. The van der Waals surface area contributed by atoms with Crippen molar-refractivity contribution in [1.82, 2.24) is 4.98 Å². The molecule has 4 heteroatoms. The van der Waals surface area contributed by atoms with Gasteiger partial charge in [-0.05, 0) is 19.8 Å². The summed E-state index contributed by atoms with van der Waals surface area (Å²) in [6, 6.07) is 0. The van der Waals surface area contributed by atoms with Crippen molar-refractivity contribution in [2.45, 2.75) is 51.0 Å². The Hall–Kier alpha value is -0.610. The molecular weight excluding hydrogens is 220 g/mol. The van der Waals surface area contributed by atoms with Crippen molar-refractivity contribution in [1.29, 1.82) is 0 Å². The van der Waals surface area contributed by atoms with E-state index in [0.717, 1.165) is 23.7 Å². The number of aromatic nitrogens is 1. The molecule has 16 heavy (non-hydrogen) atoms. The summed E-state index contributed by atoms with van der Waals surface area (Å²) >= 11 is 1.55. The highest BCUT2D eigenvalue weighted by atomic mass is 32.1. The van der Waals surface area contributed by atoms with Gasteiger partial charge in [0.25, 0.3) is 5.19 Å². The third-order valence-corrected chi connectivity index (χ3v) is 4.05. The monoisotopic (exact) mass is 240 g/mol. The standard InChI is InChI=1S/C12H20N2OS/c1-10-8-16-11(14-10)15-9-12(13)6-4-2-3-5-7-12/h8H,2-7,9,13H2,1H3. The maximum atomic E-state index is 6.37. The van der Waals surface area contributed by atoms with Gasteiger partial charge >= 0.3 is 0 Å². The van der Waals surface area contributed by atoms with Gasteiger partial charge in [-0.15, -0.1) is 0 Å². The molecule has 0 aliphatic heterocycles. The first-order chi connectivity index (χ1) is 7.68. The zero-order valence-electron chi connectivity index (χ0n) is 9.87. The van der Waals surface area contributed by atoms with Gasteiger partial charge in [0.2, 0.25) is 0 Å². The Morgan fingerprint density at radius 2 is 2.06 bits per heavy atom. The second kappa shape index (κ2) is 5.15. The SMILES string of the molecule is Cc1csc(OCC2(N)CCCCCC2)n1. The van der Waals surface area contributed by atoms with E-state index in [1.807, 2.05) is 12.3 Å². The van der Waals surface area contributed by atoms with Crippen molar-refractivity contribution in [3.63, 3.8) is 0 Å². The van der Waals surface area contributed by atoms with Crippen LogP contribution in [-0.4, -0.2) is 17.1 Å². The molecule has 0 atom stereocenters. The van der Waals surface area contributed by atoms with Crippen molar-refractivity contribution in [2.24, 2.45) is 5.73 Å². The summed E-state index contributed by atoms with van der Waals surface area (Å²) in [5.74, 6) is 0. The normalized spacial score (nSPS) is 20.4. The van der Waals surface area contributed by atoms with Crippen LogP contribution < -0.4 is 10.5 Å². The lowest BCUT2D eigenvalue weighted by atomic mass is 9.93. The molecule has 1 aliphatic carbocycles.